The topological polar surface area (TPSA) is 37.4 Å². The lowest BCUT2D eigenvalue weighted by Crippen LogP contribution is -2.39. The zero-order valence-electron chi connectivity index (χ0n) is 14.1. The van der Waals surface area contributed by atoms with Crippen molar-refractivity contribution in [2.75, 3.05) is 13.1 Å². The normalized spacial score (nSPS) is 16.9. The number of sulfonamides is 1. The molecule has 0 unspecified atom stereocenters. The van der Waals surface area contributed by atoms with E-state index in [0.29, 0.717) is 29.6 Å². The van der Waals surface area contributed by atoms with Gasteiger partial charge in [-0.2, -0.15) is 4.31 Å². The molecule has 2 aromatic carbocycles. The fraction of sp³-hybridized carbons (Fsp3) is 0.368. The molecule has 1 heterocycles. The molecule has 2 aromatic rings. The molecule has 25 heavy (non-hydrogen) atoms. The van der Waals surface area contributed by atoms with Crippen molar-refractivity contribution in [3.05, 3.63) is 63.6 Å². The van der Waals surface area contributed by atoms with Crippen molar-refractivity contribution >= 4 is 33.2 Å². The molecule has 3 rings (SSSR count). The molecule has 0 aliphatic carbocycles. The van der Waals surface area contributed by atoms with E-state index >= 15 is 0 Å². The predicted molar refractivity (Wildman–Crippen MR) is 103 cm³/mol. The van der Waals surface area contributed by atoms with E-state index in [2.05, 4.69) is 12.1 Å². The number of aryl methyl sites for hydroxylation is 1. The van der Waals surface area contributed by atoms with Crippen LogP contribution in [-0.4, -0.2) is 25.8 Å². The minimum absolute atomic E-state index is 0.253. The van der Waals surface area contributed by atoms with Crippen molar-refractivity contribution in [1.82, 2.24) is 4.31 Å². The molecule has 0 radical (unpaired) electrons. The summed E-state index contributed by atoms with van der Waals surface area (Å²) in [6.07, 6.45) is 2.74. The van der Waals surface area contributed by atoms with Gasteiger partial charge in [0.05, 0.1) is 14.9 Å². The lowest BCUT2D eigenvalue weighted by atomic mass is 9.91. The molecule has 0 bridgehead atoms. The molecule has 1 fully saturated rings. The van der Waals surface area contributed by atoms with Gasteiger partial charge in [-0.3, -0.25) is 0 Å². The van der Waals surface area contributed by atoms with Crippen molar-refractivity contribution in [2.24, 2.45) is 5.92 Å². The summed E-state index contributed by atoms with van der Waals surface area (Å²) < 4.78 is 27.5. The Morgan fingerprint density at radius 3 is 2.28 bits per heavy atom. The Hall–Kier alpha value is -1.07. The van der Waals surface area contributed by atoms with Crippen LogP contribution in [0.15, 0.2) is 47.4 Å². The third-order valence-corrected chi connectivity index (χ3v) is 7.54. The van der Waals surface area contributed by atoms with Gasteiger partial charge in [-0.25, -0.2) is 8.42 Å². The Bertz CT molecular complexity index is 845. The van der Waals surface area contributed by atoms with Crippen LogP contribution < -0.4 is 0 Å². The van der Waals surface area contributed by atoms with Gasteiger partial charge in [0.15, 0.2) is 0 Å². The number of piperidine rings is 1. The van der Waals surface area contributed by atoms with E-state index in [4.69, 9.17) is 23.2 Å². The number of nitrogens with zero attached hydrogens (tertiary/aromatic N) is 1. The summed E-state index contributed by atoms with van der Waals surface area (Å²) in [7, 11) is -3.54. The van der Waals surface area contributed by atoms with Gasteiger partial charge in [-0.1, -0.05) is 53.5 Å². The molecule has 1 aliphatic rings. The number of hydrogen-bond donors (Lipinski definition) is 0. The summed E-state index contributed by atoms with van der Waals surface area (Å²) in [5.41, 5.74) is 1.94. The molecular formula is C19H21Cl2NO2S. The fourth-order valence-corrected chi connectivity index (χ4v) is 5.50. The highest BCUT2D eigenvalue weighted by molar-refractivity contribution is 7.89. The van der Waals surface area contributed by atoms with E-state index in [1.54, 1.807) is 17.3 Å². The first-order valence-electron chi connectivity index (χ1n) is 8.37. The minimum atomic E-state index is -3.54. The Balaban J connectivity index is 1.71. The lowest BCUT2D eigenvalue weighted by Gasteiger charge is -2.31. The maximum Gasteiger partial charge on any atom is 0.243 e. The van der Waals surface area contributed by atoms with Crippen molar-refractivity contribution in [2.45, 2.75) is 31.1 Å². The second-order valence-corrected chi connectivity index (χ2v) is 9.29. The molecule has 134 valence electrons. The summed E-state index contributed by atoms with van der Waals surface area (Å²) in [6.45, 7) is 2.83. The third kappa shape index (κ3) is 4.20. The third-order valence-electron chi connectivity index (χ3n) is 4.78. The Kier molecular flexibility index (Phi) is 5.74. The molecule has 1 aliphatic heterocycles. The number of benzene rings is 2. The molecule has 3 nitrogen and oxygen atoms in total. The van der Waals surface area contributed by atoms with E-state index in [1.165, 1.54) is 11.6 Å². The second-order valence-electron chi connectivity index (χ2n) is 6.57. The summed E-state index contributed by atoms with van der Waals surface area (Å²) in [6, 6.07) is 13.4. The maximum absolute atomic E-state index is 13.0. The quantitative estimate of drug-likeness (QED) is 0.731. The molecule has 0 N–H and O–H groups in total. The van der Waals surface area contributed by atoms with Gasteiger partial charge >= 0.3 is 0 Å². The Labute approximate surface area is 159 Å². The maximum atomic E-state index is 13.0. The molecule has 0 saturated carbocycles. The predicted octanol–water partition coefficient (Wildman–Crippen LogP) is 4.95. The van der Waals surface area contributed by atoms with Crippen LogP contribution in [0, 0.1) is 12.8 Å². The average Bonchev–Trinajstić information content (AvgIpc) is 2.59. The SMILES string of the molecule is Cc1cc(Cl)c(Cl)cc1S(=O)(=O)N1CCC(Cc2ccccc2)CC1. The van der Waals surface area contributed by atoms with Crippen molar-refractivity contribution in [3.63, 3.8) is 0 Å². The van der Waals surface area contributed by atoms with Gasteiger partial charge in [0.1, 0.15) is 0 Å². The van der Waals surface area contributed by atoms with Crippen LogP contribution in [0.2, 0.25) is 10.0 Å². The molecule has 0 aromatic heterocycles. The zero-order valence-corrected chi connectivity index (χ0v) is 16.4. The second kappa shape index (κ2) is 7.67. The zero-order chi connectivity index (χ0) is 18.0. The monoisotopic (exact) mass is 397 g/mol. The van der Waals surface area contributed by atoms with Gasteiger partial charge in [0.2, 0.25) is 10.0 Å². The van der Waals surface area contributed by atoms with Crippen LogP contribution in [0.5, 0.6) is 0 Å². The van der Waals surface area contributed by atoms with Gasteiger partial charge in [-0.15, -0.1) is 0 Å². The van der Waals surface area contributed by atoms with Crippen LogP contribution in [0.4, 0.5) is 0 Å². The van der Waals surface area contributed by atoms with E-state index < -0.39 is 10.0 Å². The first kappa shape index (κ1) is 18.7. The Morgan fingerprint density at radius 1 is 1.04 bits per heavy atom. The molecule has 6 heteroatoms. The van der Waals surface area contributed by atoms with Crippen LogP contribution >= 0.6 is 23.2 Å². The molecule has 0 atom stereocenters. The highest BCUT2D eigenvalue weighted by Crippen LogP contribution is 2.32. The van der Waals surface area contributed by atoms with E-state index in [0.717, 1.165) is 19.3 Å². The van der Waals surface area contributed by atoms with Gasteiger partial charge in [-0.05, 0) is 55.4 Å². The number of rotatable bonds is 4. The van der Waals surface area contributed by atoms with Gasteiger partial charge in [0.25, 0.3) is 0 Å². The summed E-state index contributed by atoms with van der Waals surface area (Å²) in [4.78, 5) is 0.253. The first-order valence-corrected chi connectivity index (χ1v) is 10.6. The van der Waals surface area contributed by atoms with Crippen LogP contribution in [0.25, 0.3) is 0 Å². The van der Waals surface area contributed by atoms with Crippen LogP contribution in [0.3, 0.4) is 0 Å². The molecular weight excluding hydrogens is 377 g/mol. The van der Waals surface area contributed by atoms with Gasteiger partial charge < -0.3 is 0 Å². The van der Waals surface area contributed by atoms with E-state index in [9.17, 15) is 8.42 Å². The number of halogens is 2. The minimum Gasteiger partial charge on any atom is -0.207 e. The highest BCUT2D eigenvalue weighted by Gasteiger charge is 2.30. The van der Waals surface area contributed by atoms with Crippen molar-refractivity contribution < 1.29 is 8.42 Å². The summed E-state index contributed by atoms with van der Waals surface area (Å²) in [5.74, 6) is 0.517. The average molecular weight is 398 g/mol. The largest absolute Gasteiger partial charge is 0.243 e. The molecule has 1 saturated heterocycles. The lowest BCUT2D eigenvalue weighted by molar-refractivity contribution is 0.273. The smallest absolute Gasteiger partial charge is 0.207 e. The fourth-order valence-electron chi connectivity index (χ4n) is 3.35. The van der Waals surface area contributed by atoms with Crippen LogP contribution in [-0.2, 0) is 16.4 Å². The van der Waals surface area contributed by atoms with Gasteiger partial charge in [0, 0.05) is 13.1 Å². The van der Waals surface area contributed by atoms with Crippen LogP contribution in [0.1, 0.15) is 24.0 Å². The highest BCUT2D eigenvalue weighted by atomic mass is 35.5. The molecule has 0 amide bonds. The summed E-state index contributed by atoms with van der Waals surface area (Å²) >= 11 is 12.0. The standard InChI is InChI=1S/C19H21Cl2NO2S/c1-14-11-17(20)18(21)13-19(14)25(23,24)22-9-7-16(8-10-22)12-15-5-3-2-4-6-15/h2-6,11,13,16H,7-10,12H2,1H3. The Morgan fingerprint density at radius 2 is 1.64 bits per heavy atom. The number of hydrogen-bond acceptors (Lipinski definition) is 2. The van der Waals surface area contributed by atoms with E-state index in [-0.39, 0.29) is 9.92 Å². The van der Waals surface area contributed by atoms with E-state index in [1.807, 2.05) is 18.2 Å². The van der Waals surface area contributed by atoms with Crippen molar-refractivity contribution in [1.29, 1.82) is 0 Å². The molecule has 0 spiro atoms. The van der Waals surface area contributed by atoms with Crippen molar-refractivity contribution in [3.8, 4) is 0 Å². The first-order chi connectivity index (χ1) is 11.9. The summed E-state index contributed by atoms with van der Waals surface area (Å²) in [5, 5.41) is 0.643.